The molecule has 0 aliphatic carbocycles. The zero-order chi connectivity index (χ0) is 13.9. The molecule has 1 aliphatic heterocycles. The van der Waals surface area contributed by atoms with E-state index in [0.717, 1.165) is 23.1 Å². The molecular weight excluding hydrogens is 302 g/mol. The van der Waals surface area contributed by atoms with E-state index in [9.17, 15) is 0 Å². The van der Waals surface area contributed by atoms with Crippen LogP contribution in [0.3, 0.4) is 0 Å². The summed E-state index contributed by atoms with van der Waals surface area (Å²) in [5.41, 5.74) is 2.79. The number of rotatable bonds is 4. The Morgan fingerprint density at radius 3 is 2.32 bits per heavy atom. The van der Waals surface area contributed by atoms with E-state index in [4.69, 9.17) is 5.11 Å². The van der Waals surface area contributed by atoms with Gasteiger partial charge in [-0.25, -0.2) is 0 Å². The number of piperidine rings is 1. The fraction of sp³-hybridized carbons (Fsp3) is 0.625. The molecule has 1 N–H and O–H groups in total. The lowest BCUT2D eigenvalue weighted by Crippen LogP contribution is -2.39. The van der Waals surface area contributed by atoms with Crippen molar-refractivity contribution in [3.8, 4) is 0 Å². The Hall–Kier alpha value is -0.540. The number of hydrogen-bond acceptors (Lipinski definition) is 2. The summed E-state index contributed by atoms with van der Waals surface area (Å²) in [7, 11) is 0. The molecule has 0 spiro atoms. The summed E-state index contributed by atoms with van der Waals surface area (Å²) < 4.78 is 1.10. The quantitative estimate of drug-likeness (QED) is 0.889. The highest BCUT2D eigenvalue weighted by Crippen LogP contribution is 2.40. The molecule has 19 heavy (non-hydrogen) atoms. The SMILES string of the molecule is CCC1(CC)CCN(c2ccc(CO)cc2Br)CC1. The third kappa shape index (κ3) is 3.14. The maximum Gasteiger partial charge on any atom is 0.0682 e. The summed E-state index contributed by atoms with van der Waals surface area (Å²) in [5, 5.41) is 9.16. The second-order valence-corrected chi connectivity index (χ2v) is 6.49. The van der Waals surface area contributed by atoms with Crippen LogP contribution in [0.25, 0.3) is 0 Å². The molecule has 2 rings (SSSR count). The Labute approximate surface area is 124 Å². The van der Waals surface area contributed by atoms with Crippen molar-refractivity contribution in [3.05, 3.63) is 28.2 Å². The van der Waals surface area contributed by atoms with Crippen LogP contribution >= 0.6 is 15.9 Å². The molecule has 1 fully saturated rings. The van der Waals surface area contributed by atoms with Gasteiger partial charge in [0.05, 0.1) is 12.3 Å². The van der Waals surface area contributed by atoms with E-state index >= 15 is 0 Å². The second kappa shape index (κ2) is 6.27. The van der Waals surface area contributed by atoms with Crippen molar-refractivity contribution in [3.63, 3.8) is 0 Å². The molecule has 0 saturated carbocycles. The number of halogens is 1. The van der Waals surface area contributed by atoms with Crippen LogP contribution in [0.15, 0.2) is 22.7 Å². The van der Waals surface area contributed by atoms with Gasteiger partial charge in [0.25, 0.3) is 0 Å². The van der Waals surface area contributed by atoms with Crippen LogP contribution < -0.4 is 4.90 Å². The van der Waals surface area contributed by atoms with Gasteiger partial charge in [0, 0.05) is 17.6 Å². The summed E-state index contributed by atoms with van der Waals surface area (Å²) in [6.45, 7) is 7.03. The van der Waals surface area contributed by atoms with E-state index in [1.807, 2.05) is 12.1 Å². The van der Waals surface area contributed by atoms with Gasteiger partial charge >= 0.3 is 0 Å². The minimum absolute atomic E-state index is 0.105. The molecule has 106 valence electrons. The Kier molecular flexibility index (Phi) is 4.91. The van der Waals surface area contributed by atoms with Gasteiger partial charge in [-0.1, -0.05) is 32.8 Å². The van der Waals surface area contributed by atoms with Crippen molar-refractivity contribution in [2.45, 2.75) is 46.1 Å². The molecule has 1 saturated heterocycles. The first-order valence-electron chi connectivity index (χ1n) is 7.28. The average Bonchev–Trinajstić information content (AvgIpc) is 2.47. The summed E-state index contributed by atoms with van der Waals surface area (Å²) in [4.78, 5) is 2.47. The number of aliphatic hydroxyl groups excluding tert-OH is 1. The average molecular weight is 326 g/mol. The van der Waals surface area contributed by atoms with Crippen LogP contribution in [0.5, 0.6) is 0 Å². The van der Waals surface area contributed by atoms with Crippen LogP contribution in [0.2, 0.25) is 0 Å². The molecular formula is C16H24BrNO. The van der Waals surface area contributed by atoms with Crippen molar-refractivity contribution in [1.29, 1.82) is 0 Å². The van der Waals surface area contributed by atoms with Crippen LogP contribution in [-0.2, 0) is 6.61 Å². The first-order valence-corrected chi connectivity index (χ1v) is 8.07. The Bertz CT molecular complexity index is 419. The molecule has 1 aromatic carbocycles. The van der Waals surface area contributed by atoms with Crippen molar-refractivity contribution >= 4 is 21.6 Å². The molecule has 0 aromatic heterocycles. The number of nitrogens with zero attached hydrogens (tertiary/aromatic N) is 1. The standard InChI is InChI=1S/C16H24BrNO/c1-3-16(4-2)7-9-18(10-8-16)15-6-5-13(12-19)11-14(15)17/h5-6,11,19H,3-4,7-10,12H2,1-2H3. The van der Waals surface area contributed by atoms with Crippen LogP contribution in [0.4, 0.5) is 5.69 Å². The molecule has 0 radical (unpaired) electrons. The van der Waals surface area contributed by atoms with Gasteiger partial charge in [0.15, 0.2) is 0 Å². The maximum atomic E-state index is 9.16. The van der Waals surface area contributed by atoms with Crippen LogP contribution in [0, 0.1) is 5.41 Å². The largest absolute Gasteiger partial charge is 0.392 e. The van der Waals surface area contributed by atoms with Crippen molar-refractivity contribution < 1.29 is 5.11 Å². The summed E-state index contributed by atoms with van der Waals surface area (Å²) in [5.74, 6) is 0. The lowest BCUT2D eigenvalue weighted by molar-refractivity contribution is 0.199. The van der Waals surface area contributed by atoms with Crippen molar-refractivity contribution in [2.24, 2.45) is 5.41 Å². The van der Waals surface area contributed by atoms with E-state index < -0.39 is 0 Å². The first-order chi connectivity index (χ1) is 9.14. The van der Waals surface area contributed by atoms with Crippen LogP contribution in [-0.4, -0.2) is 18.2 Å². The minimum atomic E-state index is 0.105. The second-order valence-electron chi connectivity index (χ2n) is 5.64. The molecule has 0 atom stereocenters. The van der Waals surface area contributed by atoms with E-state index in [2.05, 4.69) is 40.7 Å². The van der Waals surface area contributed by atoms with Crippen molar-refractivity contribution in [2.75, 3.05) is 18.0 Å². The zero-order valence-corrected chi connectivity index (χ0v) is 13.5. The summed E-state index contributed by atoms with van der Waals surface area (Å²) in [6.07, 6.45) is 5.16. The molecule has 1 heterocycles. The maximum absolute atomic E-state index is 9.16. The number of anilines is 1. The highest BCUT2D eigenvalue weighted by molar-refractivity contribution is 9.10. The molecule has 2 nitrogen and oxygen atoms in total. The van der Waals surface area contributed by atoms with Crippen molar-refractivity contribution in [1.82, 2.24) is 0 Å². The highest BCUT2D eigenvalue weighted by atomic mass is 79.9. The predicted octanol–water partition coefficient (Wildman–Crippen LogP) is 4.35. The fourth-order valence-electron chi connectivity index (χ4n) is 3.08. The predicted molar refractivity (Wildman–Crippen MR) is 84.5 cm³/mol. The minimum Gasteiger partial charge on any atom is -0.392 e. The summed E-state index contributed by atoms with van der Waals surface area (Å²) >= 11 is 3.63. The Balaban J connectivity index is 2.09. The van der Waals surface area contributed by atoms with E-state index in [-0.39, 0.29) is 6.61 Å². The number of hydrogen-bond donors (Lipinski definition) is 1. The third-order valence-electron chi connectivity index (χ3n) is 4.86. The topological polar surface area (TPSA) is 23.5 Å². The van der Waals surface area contributed by atoms with E-state index in [1.54, 1.807) is 0 Å². The first kappa shape index (κ1) is 14.9. The summed E-state index contributed by atoms with van der Waals surface area (Å²) in [6, 6.07) is 6.17. The normalized spacial score (nSPS) is 18.6. The van der Waals surface area contributed by atoms with Gasteiger partial charge in [0.2, 0.25) is 0 Å². The lowest BCUT2D eigenvalue weighted by Gasteiger charge is -2.42. The number of benzene rings is 1. The van der Waals surface area contributed by atoms with E-state index in [0.29, 0.717) is 5.41 Å². The smallest absolute Gasteiger partial charge is 0.0682 e. The lowest BCUT2D eigenvalue weighted by atomic mass is 9.74. The highest BCUT2D eigenvalue weighted by Gasteiger charge is 2.31. The molecule has 1 aromatic rings. The van der Waals surface area contributed by atoms with Gasteiger partial charge in [-0.3, -0.25) is 0 Å². The zero-order valence-electron chi connectivity index (χ0n) is 12.0. The van der Waals surface area contributed by atoms with E-state index in [1.165, 1.54) is 31.4 Å². The molecule has 0 amide bonds. The third-order valence-corrected chi connectivity index (χ3v) is 5.49. The molecule has 3 heteroatoms. The monoisotopic (exact) mass is 325 g/mol. The van der Waals surface area contributed by atoms with Gasteiger partial charge in [0.1, 0.15) is 0 Å². The van der Waals surface area contributed by atoms with Gasteiger partial charge in [-0.2, -0.15) is 0 Å². The van der Waals surface area contributed by atoms with Gasteiger partial charge < -0.3 is 10.0 Å². The molecule has 0 bridgehead atoms. The van der Waals surface area contributed by atoms with Gasteiger partial charge in [-0.15, -0.1) is 0 Å². The molecule has 1 aliphatic rings. The molecule has 0 unspecified atom stereocenters. The fourth-order valence-corrected chi connectivity index (χ4v) is 3.76. The Morgan fingerprint density at radius 2 is 1.84 bits per heavy atom. The Morgan fingerprint density at radius 1 is 1.21 bits per heavy atom. The van der Waals surface area contributed by atoms with Gasteiger partial charge in [-0.05, 0) is 51.9 Å². The number of aliphatic hydroxyl groups is 1. The van der Waals surface area contributed by atoms with Crippen LogP contribution in [0.1, 0.15) is 45.1 Å².